The van der Waals surface area contributed by atoms with Gasteiger partial charge < -0.3 is 10.1 Å². The monoisotopic (exact) mass is 421 g/mol. The van der Waals surface area contributed by atoms with Crippen LogP contribution in [0.4, 0.5) is 4.39 Å². The number of hydrogen-bond donors (Lipinski definition) is 1. The van der Waals surface area contributed by atoms with Gasteiger partial charge in [0, 0.05) is 17.6 Å². The number of halogens is 1. The molecule has 1 N–H and O–H groups in total. The van der Waals surface area contributed by atoms with Crippen molar-refractivity contribution in [3.63, 3.8) is 0 Å². The highest BCUT2D eigenvalue weighted by atomic mass is 19.1. The normalized spacial score (nSPS) is 19.7. The van der Waals surface area contributed by atoms with Gasteiger partial charge in [0.25, 0.3) is 5.91 Å². The van der Waals surface area contributed by atoms with Crippen LogP contribution in [0.15, 0.2) is 48.8 Å². The first-order chi connectivity index (χ1) is 15.0. The molecule has 1 aliphatic rings. The molecule has 0 unspecified atom stereocenters. The van der Waals surface area contributed by atoms with E-state index in [0.717, 1.165) is 36.6 Å². The molecule has 2 heterocycles. The van der Waals surface area contributed by atoms with Crippen molar-refractivity contribution in [1.82, 2.24) is 15.3 Å². The SMILES string of the molecule is CCOc1ccc(C(=O)N[C@H](C)C2CCC(c3ccnc4ccc(F)cc34)CC2)nc1. The number of amides is 1. The maximum atomic E-state index is 13.8. The van der Waals surface area contributed by atoms with Gasteiger partial charge in [-0.05, 0) is 93.3 Å². The number of fused-ring (bicyclic) bond motifs is 1. The lowest BCUT2D eigenvalue weighted by Crippen LogP contribution is -2.39. The highest BCUT2D eigenvalue weighted by Gasteiger charge is 2.28. The Morgan fingerprint density at radius 3 is 2.68 bits per heavy atom. The number of carbonyl (C=O) groups is 1. The second-order valence-electron chi connectivity index (χ2n) is 8.25. The lowest BCUT2D eigenvalue weighted by atomic mass is 9.75. The molecule has 3 aromatic rings. The van der Waals surface area contributed by atoms with Crippen LogP contribution in [0.2, 0.25) is 0 Å². The van der Waals surface area contributed by atoms with E-state index < -0.39 is 0 Å². The van der Waals surface area contributed by atoms with Gasteiger partial charge in [-0.2, -0.15) is 0 Å². The van der Waals surface area contributed by atoms with E-state index in [1.54, 1.807) is 30.5 Å². The minimum absolute atomic E-state index is 0.0634. The Morgan fingerprint density at radius 1 is 1.16 bits per heavy atom. The van der Waals surface area contributed by atoms with Crippen molar-refractivity contribution in [1.29, 1.82) is 0 Å². The standard InChI is InChI=1S/C25H28FN3O2/c1-3-31-20-9-11-24(28-15-20)25(30)29-16(2)17-4-6-18(7-5-17)21-12-13-27-23-10-8-19(26)14-22(21)23/h8-18H,3-7H2,1-2H3,(H,29,30)/t16-,17?,18?/m1/s1. The molecule has 5 nitrogen and oxygen atoms in total. The highest BCUT2D eigenvalue weighted by molar-refractivity contribution is 5.92. The smallest absolute Gasteiger partial charge is 0.270 e. The molecule has 1 amide bonds. The largest absolute Gasteiger partial charge is 0.492 e. The van der Waals surface area contributed by atoms with E-state index in [2.05, 4.69) is 22.2 Å². The molecule has 1 atom stereocenters. The first-order valence-corrected chi connectivity index (χ1v) is 11.0. The molecule has 1 saturated carbocycles. The van der Waals surface area contributed by atoms with Crippen LogP contribution < -0.4 is 10.1 Å². The molecule has 162 valence electrons. The quantitative estimate of drug-likeness (QED) is 0.590. The maximum absolute atomic E-state index is 13.8. The molecule has 2 aromatic heterocycles. The molecular formula is C25H28FN3O2. The number of hydrogen-bond acceptors (Lipinski definition) is 4. The van der Waals surface area contributed by atoms with Crippen LogP contribution in [-0.4, -0.2) is 28.5 Å². The Bertz CT molecular complexity index is 1050. The predicted molar refractivity (Wildman–Crippen MR) is 119 cm³/mol. The third-order valence-electron chi connectivity index (χ3n) is 6.29. The highest BCUT2D eigenvalue weighted by Crippen LogP contribution is 2.39. The molecular weight excluding hydrogens is 393 g/mol. The lowest BCUT2D eigenvalue weighted by Gasteiger charge is -2.33. The summed E-state index contributed by atoms with van der Waals surface area (Å²) in [7, 11) is 0. The van der Waals surface area contributed by atoms with Crippen molar-refractivity contribution in [3.05, 3.63) is 65.9 Å². The summed E-state index contributed by atoms with van der Waals surface area (Å²) >= 11 is 0. The molecule has 1 aliphatic carbocycles. The summed E-state index contributed by atoms with van der Waals surface area (Å²) < 4.78 is 19.2. The molecule has 1 aromatic carbocycles. The second-order valence-corrected chi connectivity index (χ2v) is 8.25. The van der Waals surface area contributed by atoms with Gasteiger partial charge in [0.2, 0.25) is 0 Å². The topological polar surface area (TPSA) is 64.1 Å². The van der Waals surface area contributed by atoms with Crippen LogP contribution in [-0.2, 0) is 0 Å². The third-order valence-corrected chi connectivity index (χ3v) is 6.29. The van der Waals surface area contributed by atoms with Crippen molar-refractivity contribution in [2.75, 3.05) is 6.61 Å². The first kappa shape index (κ1) is 21.2. The van der Waals surface area contributed by atoms with Gasteiger partial charge in [0.1, 0.15) is 17.3 Å². The Hall–Kier alpha value is -3.02. The number of nitrogens with one attached hydrogen (secondary N) is 1. The van der Waals surface area contributed by atoms with Gasteiger partial charge in [-0.25, -0.2) is 9.37 Å². The zero-order valence-electron chi connectivity index (χ0n) is 18.0. The van der Waals surface area contributed by atoms with Crippen molar-refractivity contribution < 1.29 is 13.9 Å². The number of benzene rings is 1. The Morgan fingerprint density at radius 2 is 1.97 bits per heavy atom. The summed E-state index contributed by atoms with van der Waals surface area (Å²) in [4.78, 5) is 21.2. The zero-order chi connectivity index (χ0) is 21.8. The van der Waals surface area contributed by atoms with E-state index in [-0.39, 0.29) is 17.8 Å². The van der Waals surface area contributed by atoms with E-state index in [1.807, 2.05) is 19.2 Å². The predicted octanol–water partition coefficient (Wildman–Crippen LogP) is 5.26. The third kappa shape index (κ3) is 4.84. The zero-order valence-corrected chi connectivity index (χ0v) is 18.0. The van der Waals surface area contributed by atoms with Crippen LogP contribution in [0.1, 0.15) is 61.5 Å². The van der Waals surface area contributed by atoms with Crippen LogP contribution in [0.3, 0.4) is 0 Å². The number of ether oxygens (including phenoxy) is 1. The number of carbonyl (C=O) groups excluding carboxylic acids is 1. The molecule has 0 spiro atoms. The van der Waals surface area contributed by atoms with Crippen LogP contribution in [0.25, 0.3) is 10.9 Å². The second kappa shape index (κ2) is 9.41. The Kier molecular flexibility index (Phi) is 6.44. The van der Waals surface area contributed by atoms with Crippen molar-refractivity contribution in [2.24, 2.45) is 5.92 Å². The first-order valence-electron chi connectivity index (χ1n) is 11.0. The van der Waals surface area contributed by atoms with Gasteiger partial charge in [-0.3, -0.25) is 9.78 Å². The van der Waals surface area contributed by atoms with Gasteiger partial charge in [0.05, 0.1) is 18.3 Å². The van der Waals surface area contributed by atoms with E-state index in [1.165, 1.54) is 11.6 Å². The Balaban J connectivity index is 1.36. The summed E-state index contributed by atoms with van der Waals surface area (Å²) in [6.07, 6.45) is 7.46. The molecule has 0 aliphatic heterocycles. The van der Waals surface area contributed by atoms with Crippen molar-refractivity contribution >= 4 is 16.8 Å². The van der Waals surface area contributed by atoms with E-state index in [9.17, 15) is 9.18 Å². The van der Waals surface area contributed by atoms with Gasteiger partial charge in [-0.15, -0.1) is 0 Å². The fourth-order valence-electron chi connectivity index (χ4n) is 4.59. The minimum Gasteiger partial charge on any atom is -0.492 e. The summed E-state index contributed by atoms with van der Waals surface area (Å²) in [5.41, 5.74) is 2.41. The van der Waals surface area contributed by atoms with Gasteiger partial charge in [-0.1, -0.05) is 0 Å². The average Bonchev–Trinajstić information content (AvgIpc) is 2.79. The molecule has 31 heavy (non-hydrogen) atoms. The van der Waals surface area contributed by atoms with Gasteiger partial charge >= 0.3 is 0 Å². The molecule has 1 fully saturated rings. The van der Waals surface area contributed by atoms with E-state index >= 15 is 0 Å². The molecule has 0 bridgehead atoms. The lowest BCUT2D eigenvalue weighted by molar-refractivity contribution is 0.0912. The van der Waals surface area contributed by atoms with Crippen LogP contribution >= 0.6 is 0 Å². The van der Waals surface area contributed by atoms with Crippen molar-refractivity contribution in [3.8, 4) is 5.75 Å². The average molecular weight is 422 g/mol. The Labute approximate surface area is 182 Å². The fraction of sp³-hybridized carbons (Fsp3) is 0.400. The van der Waals surface area contributed by atoms with Crippen molar-refractivity contribution in [2.45, 2.75) is 51.5 Å². The number of rotatable bonds is 6. The molecule has 6 heteroatoms. The minimum atomic E-state index is -0.227. The number of nitrogens with zero attached hydrogens (tertiary/aromatic N) is 2. The fourth-order valence-corrected chi connectivity index (χ4v) is 4.59. The van der Waals surface area contributed by atoms with E-state index in [0.29, 0.717) is 29.9 Å². The maximum Gasteiger partial charge on any atom is 0.270 e. The number of aromatic nitrogens is 2. The summed E-state index contributed by atoms with van der Waals surface area (Å²) in [5, 5.41) is 4.02. The molecule has 4 rings (SSSR count). The number of pyridine rings is 2. The van der Waals surface area contributed by atoms with E-state index in [4.69, 9.17) is 4.74 Å². The molecule has 0 saturated heterocycles. The van der Waals surface area contributed by atoms with Crippen LogP contribution in [0.5, 0.6) is 5.75 Å². The van der Waals surface area contributed by atoms with Crippen LogP contribution in [0, 0.1) is 11.7 Å². The summed E-state index contributed by atoms with van der Waals surface area (Å²) in [6.45, 7) is 4.54. The summed E-state index contributed by atoms with van der Waals surface area (Å²) in [6, 6.07) is 10.3. The molecule has 0 radical (unpaired) electrons. The summed E-state index contributed by atoms with van der Waals surface area (Å²) in [5.74, 6) is 1.07. The van der Waals surface area contributed by atoms with Gasteiger partial charge in [0.15, 0.2) is 0 Å².